The Kier molecular flexibility index (Phi) is 3.34. The molecule has 0 spiro atoms. The Balaban J connectivity index is 0.000000845. The first-order chi connectivity index (χ1) is 5.87. The van der Waals surface area contributed by atoms with Crippen LogP contribution in [-0.4, -0.2) is 13.1 Å². The third-order valence-electron chi connectivity index (χ3n) is 2.99. The van der Waals surface area contributed by atoms with Crippen molar-refractivity contribution in [3.8, 4) is 0 Å². The summed E-state index contributed by atoms with van der Waals surface area (Å²) in [7, 11) is 0. The van der Waals surface area contributed by atoms with E-state index in [1.807, 2.05) is 0 Å². The summed E-state index contributed by atoms with van der Waals surface area (Å²) in [5.41, 5.74) is 1.94. The van der Waals surface area contributed by atoms with Gasteiger partial charge in [0.2, 0.25) is 0 Å². The van der Waals surface area contributed by atoms with Crippen LogP contribution in [0, 0.1) is 0 Å². The molecule has 2 heteroatoms. The lowest BCUT2D eigenvalue weighted by Crippen LogP contribution is -2.56. The van der Waals surface area contributed by atoms with Crippen molar-refractivity contribution >= 4 is 12.4 Å². The molecule has 1 aliphatic rings. The molecule has 1 saturated heterocycles. The van der Waals surface area contributed by atoms with Gasteiger partial charge in [0.1, 0.15) is 0 Å². The van der Waals surface area contributed by atoms with Crippen LogP contribution in [0.3, 0.4) is 0 Å². The summed E-state index contributed by atoms with van der Waals surface area (Å²) in [5.74, 6) is 0. The van der Waals surface area contributed by atoms with Gasteiger partial charge in [0.05, 0.1) is 0 Å². The topological polar surface area (TPSA) is 12.0 Å². The second-order valence-electron chi connectivity index (χ2n) is 3.60. The summed E-state index contributed by atoms with van der Waals surface area (Å²) >= 11 is 0. The first-order valence-electron chi connectivity index (χ1n) is 4.64. The lowest BCUT2D eigenvalue weighted by Gasteiger charge is -2.42. The molecule has 0 unspecified atom stereocenters. The molecule has 0 atom stereocenters. The molecule has 1 aliphatic heterocycles. The lowest BCUT2D eigenvalue weighted by molar-refractivity contribution is 0.267. The highest BCUT2D eigenvalue weighted by Gasteiger charge is 2.36. The molecule has 2 rings (SSSR count). The van der Waals surface area contributed by atoms with Crippen LogP contribution >= 0.6 is 12.4 Å². The number of hydrogen-bond acceptors (Lipinski definition) is 1. The van der Waals surface area contributed by atoms with Gasteiger partial charge in [-0.2, -0.15) is 0 Å². The summed E-state index contributed by atoms with van der Waals surface area (Å²) in [5, 5.41) is 3.35. The van der Waals surface area contributed by atoms with E-state index in [0.29, 0.717) is 5.41 Å². The molecule has 1 N–H and O–H groups in total. The highest BCUT2D eigenvalue weighted by molar-refractivity contribution is 5.85. The van der Waals surface area contributed by atoms with E-state index in [0.717, 1.165) is 13.1 Å². The third-order valence-corrected chi connectivity index (χ3v) is 2.99. The zero-order chi connectivity index (χ0) is 8.44. The fraction of sp³-hybridized carbons (Fsp3) is 0.455. The van der Waals surface area contributed by atoms with Crippen molar-refractivity contribution in [3.05, 3.63) is 35.9 Å². The van der Waals surface area contributed by atoms with Crippen LogP contribution in [0.25, 0.3) is 0 Å². The predicted molar refractivity (Wildman–Crippen MR) is 58.5 cm³/mol. The van der Waals surface area contributed by atoms with Crippen LogP contribution < -0.4 is 5.32 Å². The largest absolute Gasteiger partial charge is 0.315 e. The lowest BCUT2D eigenvalue weighted by atomic mass is 9.73. The summed E-state index contributed by atoms with van der Waals surface area (Å²) in [6.45, 7) is 4.56. The molecule has 72 valence electrons. The average Bonchev–Trinajstić information content (AvgIpc) is 2.05. The minimum atomic E-state index is 0. The zero-order valence-electron chi connectivity index (χ0n) is 7.92. The first kappa shape index (κ1) is 10.6. The summed E-state index contributed by atoms with van der Waals surface area (Å²) in [4.78, 5) is 0. The average molecular weight is 198 g/mol. The Morgan fingerprint density at radius 2 is 1.85 bits per heavy atom. The zero-order valence-corrected chi connectivity index (χ0v) is 8.73. The second kappa shape index (κ2) is 4.12. The van der Waals surface area contributed by atoms with Gasteiger partial charge in [-0.3, -0.25) is 0 Å². The van der Waals surface area contributed by atoms with Crippen LogP contribution in [0.15, 0.2) is 30.3 Å². The van der Waals surface area contributed by atoms with Gasteiger partial charge in [-0.1, -0.05) is 37.3 Å². The molecular formula is C11H16ClN. The van der Waals surface area contributed by atoms with Crippen molar-refractivity contribution in [2.24, 2.45) is 0 Å². The maximum Gasteiger partial charge on any atom is 0.0200 e. The van der Waals surface area contributed by atoms with Gasteiger partial charge in [-0.25, -0.2) is 0 Å². The van der Waals surface area contributed by atoms with Gasteiger partial charge in [0, 0.05) is 18.5 Å². The van der Waals surface area contributed by atoms with E-state index < -0.39 is 0 Å². The monoisotopic (exact) mass is 197 g/mol. The van der Waals surface area contributed by atoms with Crippen LogP contribution in [-0.2, 0) is 5.41 Å². The van der Waals surface area contributed by atoms with Crippen LogP contribution in [0.1, 0.15) is 18.9 Å². The Hall–Kier alpha value is -0.530. The minimum absolute atomic E-state index is 0. The maximum absolute atomic E-state index is 3.35. The van der Waals surface area contributed by atoms with E-state index in [1.54, 1.807) is 0 Å². The molecule has 1 heterocycles. The van der Waals surface area contributed by atoms with Crippen LogP contribution in [0.4, 0.5) is 0 Å². The number of hydrogen-bond donors (Lipinski definition) is 1. The van der Waals surface area contributed by atoms with Crippen LogP contribution in [0.5, 0.6) is 0 Å². The van der Waals surface area contributed by atoms with Crippen molar-refractivity contribution in [3.63, 3.8) is 0 Å². The van der Waals surface area contributed by atoms with E-state index in [-0.39, 0.29) is 12.4 Å². The molecule has 1 fully saturated rings. The highest BCUT2D eigenvalue weighted by atomic mass is 35.5. The van der Waals surface area contributed by atoms with Gasteiger partial charge >= 0.3 is 0 Å². The first-order valence-corrected chi connectivity index (χ1v) is 4.64. The van der Waals surface area contributed by atoms with E-state index in [9.17, 15) is 0 Å². The Bertz CT molecular complexity index is 249. The number of rotatable bonds is 2. The molecular weight excluding hydrogens is 182 g/mol. The van der Waals surface area contributed by atoms with Gasteiger partial charge in [-0.05, 0) is 12.0 Å². The van der Waals surface area contributed by atoms with Gasteiger partial charge in [-0.15, -0.1) is 12.4 Å². The molecule has 0 saturated carbocycles. The SMILES string of the molecule is CCC1(c2ccccc2)CNC1.Cl. The van der Waals surface area contributed by atoms with Crippen molar-refractivity contribution in [2.75, 3.05) is 13.1 Å². The fourth-order valence-corrected chi connectivity index (χ4v) is 1.88. The predicted octanol–water partition coefficient (Wildman–Crippen LogP) is 2.36. The Morgan fingerprint density at radius 3 is 2.23 bits per heavy atom. The molecule has 1 aromatic rings. The summed E-state index contributed by atoms with van der Waals surface area (Å²) in [6, 6.07) is 10.8. The number of halogens is 1. The maximum atomic E-state index is 3.35. The standard InChI is InChI=1S/C11H15N.ClH/c1-2-11(8-12-9-11)10-6-4-3-5-7-10;/h3-7,12H,2,8-9H2,1H3;1H. The Morgan fingerprint density at radius 1 is 1.23 bits per heavy atom. The van der Waals surface area contributed by atoms with Crippen molar-refractivity contribution in [1.29, 1.82) is 0 Å². The van der Waals surface area contributed by atoms with E-state index in [4.69, 9.17) is 0 Å². The molecule has 0 aliphatic carbocycles. The quantitative estimate of drug-likeness (QED) is 0.768. The molecule has 0 bridgehead atoms. The third kappa shape index (κ3) is 1.72. The normalized spacial score (nSPS) is 18.5. The van der Waals surface area contributed by atoms with Crippen molar-refractivity contribution in [2.45, 2.75) is 18.8 Å². The van der Waals surface area contributed by atoms with Crippen LogP contribution in [0.2, 0.25) is 0 Å². The van der Waals surface area contributed by atoms with Crippen molar-refractivity contribution in [1.82, 2.24) is 5.32 Å². The summed E-state index contributed by atoms with van der Waals surface area (Å²) in [6.07, 6.45) is 1.24. The fourth-order valence-electron chi connectivity index (χ4n) is 1.88. The van der Waals surface area contributed by atoms with E-state index in [1.165, 1.54) is 12.0 Å². The summed E-state index contributed by atoms with van der Waals surface area (Å²) < 4.78 is 0. The molecule has 1 nitrogen and oxygen atoms in total. The molecule has 1 aromatic carbocycles. The molecule has 0 amide bonds. The smallest absolute Gasteiger partial charge is 0.0200 e. The van der Waals surface area contributed by atoms with E-state index in [2.05, 4.69) is 42.6 Å². The highest BCUT2D eigenvalue weighted by Crippen LogP contribution is 2.31. The second-order valence-corrected chi connectivity index (χ2v) is 3.60. The molecule has 0 radical (unpaired) electrons. The molecule has 13 heavy (non-hydrogen) atoms. The van der Waals surface area contributed by atoms with Gasteiger partial charge < -0.3 is 5.32 Å². The number of benzene rings is 1. The van der Waals surface area contributed by atoms with Gasteiger partial charge in [0.25, 0.3) is 0 Å². The minimum Gasteiger partial charge on any atom is -0.315 e. The number of nitrogens with one attached hydrogen (secondary N) is 1. The van der Waals surface area contributed by atoms with E-state index >= 15 is 0 Å². The Labute approximate surface area is 86.0 Å². The van der Waals surface area contributed by atoms with Gasteiger partial charge in [0.15, 0.2) is 0 Å². The molecule has 0 aromatic heterocycles. The van der Waals surface area contributed by atoms with Crippen molar-refractivity contribution < 1.29 is 0 Å².